The molecular weight excluding hydrogens is 334 g/mol. The lowest BCUT2D eigenvalue weighted by Gasteiger charge is -2.10. The van der Waals surface area contributed by atoms with E-state index in [9.17, 15) is 8.42 Å². The van der Waals surface area contributed by atoms with Crippen LogP contribution in [0.4, 0.5) is 5.82 Å². The molecule has 0 saturated heterocycles. The third kappa shape index (κ3) is 4.03. The number of aromatic nitrogens is 2. The van der Waals surface area contributed by atoms with Crippen molar-refractivity contribution in [2.45, 2.75) is 24.7 Å². The van der Waals surface area contributed by atoms with E-state index in [1.807, 2.05) is 44.2 Å². The average molecular weight is 353 g/mol. The molecule has 0 bridgehead atoms. The van der Waals surface area contributed by atoms with Gasteiger partial charge >= 0.3 is 0 Å². The molecule has 25 heavy (non-hydrogen) atoms. The van der Waals surface area contributed by atoms with Crippen LogP contribution in [0, 0.1) is 0 Å². The van der Waals surface area contributed by atoms with Gasteiger partial charge in [0.1, 0.15) is 11.6 Å². The number of nitrogens with zero attached hydrogens (tertiary/aromatic N) is 2. The van der Waals surface area contributed by atoms with Crippen LogP contribution in [0.25, 0.3) is 11.1 Å². The summed E-state index contributed by atoms with van der Waals surface area (Å²) >= 11 is 0. The maximum atomic E-state index is 12.6. The van der Waals surface area contributed by atoms with Crippen LogP contribution in [-0.4, -0.2) is 18.4 Å². The Morgan fingerprint density at radius 2 is 1.52 bits per heavy atom. The fourth-order valence-corrected chi connectivity index (χ4v) is 3.36. The van der Waals surface area contributed by atoms with Gasteiger partial charge in [-0.25, -0.2) is 18.4 Å². The normalized spacial score (nSPS) is 11.5. The van der Waals surface area contributed by atoms with E-state index in [1.165, 1.54) is 0 Å². The molecule has 1 heterocycles. The Bertz CT molecular complexity index is 953. The minimum absolute atomic E-state index is 0.120. The molecule has 1 aromatic heterocycles. The van der Waals surface area contributed by atoms with Crippen LogP contribution in [0.5, 0.6) is 0 Å². The third-order valence-electron chi connectivity index (χ3n) is 3.70. The van der Waals surface area contributed by atoms with Crippen molar-refractivity contribution in [1.82, 2.24) is 9.97 Å². The first kappa shape index (κ1) is 17.1. The number of benzene rings is 2. The van der Waals surface area contributed by atoms with Crippen LogP contribution in [-0.2, 0) is 10.0 Å². The first-order valence-electron chi connectivity index (χ1n) is 7.97. The number of sulfonamides is 1. The molecule has 0 fully saturated rings. The highest BCUT2D eigenvalue weighted by Crippen LogP contribution is 2.22. The van der Waals surface area contributed by atoms with Crippen LogP contribution in [0.1, 0.15) is 25.6 Å². The second kappa shape index (κ2) is 7.03. The summed E-state index contributed by atoms with van der Waals surface area (Å²) in [6.45, 7) is 3.91. The van der Waals surface area contributed by atoms with Gasteiger partial charge < -0.3 is 0 Å². The van der Waals surface area contributed by atoms with Gasteiger partial charge in [-0.3, -0.25) is 4.72 Å². The molecular formula is C19H19N3O2S. The zero-order valence-electron chi connectivity index (χ0n) is 14.0. The van der Waals surface area contributed by atoms with Gasteiger partial charge in [0.15, 0.2) is 0 Å². The van der Waals surface area contributed by atoms with Crippen molar-refractivity contribution < 1.29 is 8.42 Å². The van der Waals surface area contributed by atoms with Gasteiger partial charge in [0, 0.05) is 12.1 Å². The van der Waals surface area contributed by atoms with Gasteiger partial charge in [-0.05, 0) is 29.3 Å². The molecule has 5 nitrogen and oxygen atoms in total. The van der Waals surface area contributed by atoms with E-state index in [2.05, 4.69) is 14.7 Å². The van der Waals surface area contributed by atoms with Crippen molar-refractivity contribution in [2.75, 3.05) is 4.72 Å². The Labute approximate surface area is 147 Å². The SMILES string of the molecule is CC(C)c1nccc(NS(=O)(=O)c2ccc(-c3ccccc3)cc2)n1. The van der Waals surface area contributed by atoms with Crippen molar-refractivity contribution in [1.29, 1.82) is 0 Å². The summed E-state index contributed by atoms with van der Waals surface area (Å²) < 4.78 is 27.6. The first-order valence-corrected chi connectivity index (χ1v) is 9.45. The van der Waals surface area contributed by atoms with Gasteiger partial charge in [-0.1, -0.05) is 56.3 Å². The van der Waals surface area contributed by atoms with Crippen molar-refractivity contribution in [3.63, 3.8) is 0 Å². The van der Waals surface area contributed by atoms with Crippen LogP contribution in [0.15, 0.2) is 71.8 Å². The predicted octanol–water partition coefficient (Wildman–Crippen LogP) is 4.07. The smallest absolute Gasteiger partial charge is 0.263 e. The van der Waals surface area contributed by atoms with Gasteiger partial charge in [-0.15, -0.1) is 0 Å². The summed E-state index contributed by atoms with van der Waals surface area (Å²) in [6.07, 6.45) is 1.55. The van der Waals surface area contributed by atoms with Crippen LogP contribution in [0.3, 0.4) is 0 Å². The van der Waals surface area contributed by atoms with Crippen molar-refractivity contribution in [3.05, 3.63) is 72.7 Å². The van der Waals surface area contributed by atoms with E-state index < -0.39 is 10.0 Å². The Morgan fingerprint density at radius 3 is 2.16 bits per heavy atom. The highest BCUT2D eigenvalue weighted by Gasteiger charge is 2.15. The van der Waals surface area contributed by atoms with Crippen molar-refractivity contribution in [3.8, 4) is 11.1 Å². The van der Waals surface area contributed by atoms with Crippen LogP contribution in [0.2, 0.25) is 0 Å². The second-order valence-corrected chi connectivity index (χ2v) is 7.63. The minimum Gasteiger partial charge on any atom is -0.263 e. The molecule has 0 aliphatic heterocycles. The van der Waals surface area contributed by atoms with Gasteiger partial charge in [0.05, 0.1) is 4.90 Å². The molecule has 3 rings (SSSR count). The highest BCUT2D eigenvalue weighted by molar-refractivity contribution is 7.92. The molecule has 0 aliphatic rings. The Hall–Kier alpha value is -2.73. The Kier molecular flexibility index (Phi) is 4.81. The summed E-state index contributed by atoms with van der Waals surface area (Å²) in [5, 5.41) is 0. The number of hydrogen-bond donors (Lipinski definition) is 1. The summed E-state index contributed by atoms with van der Waals surface area (Å²) in [5.74, 6) is 0.986. The number of nitrogens with one attached hydrogen (secondary N) is 1. The van der Waals surface area contributed by atoms with Crippen LogP contribution >= 0.6 is 0 Å². The topological polar surface area (TPSA) is 72.0 Å². The standard InChI is InChI=1S/C19H19N3O2S/c1-14(2)19-20-13-12-18(21-19)22-25(23,24)17-10-8-16(9-11-17)15-6-4-3-5-7-15/h3-14H,1-2H3,(H,20,21,22). The third-order valence-corrected chi connectivity index (χ3v) is 5.07. The van der Waals surface area contributed by atoms with Gasteiger partial charge in [0.2, 0.25) is 0 Å². The van der Waals surface area contributed by atoms with E-state index in [0.717, 1.165) is 11.1 Å². The lowest BCUT2D eigenvalue weighted by molar-refractivity contribution is 0.601. The molecule has 6 heteroatoms. The Balaban J connectivity index is 1.84. The molecule has 0 radical (unpaired) electrons. The van der Waals surface area contributed by atoms with E-state index in [-0.39, 0.29) is 16.6 Å². The molecule has 128 valence electrons. The maximum absolute atomic E-state index is 12.6. The molecule has 0 aliphatic carbocycles. The monoisotopic (exact) mass is 353 g/mol. The van der Waals surface area contributed by atoms with Crippen molar-refractivity contribution in [2.24, 2.45) is 0 Å². The minimum atomic E-state index is -3.70. The van der Waals surface area contributed by atoms with Crippen LogP contribution < -0.4 is 4.72 Å². The average Bonchev–Trinajstić information content (AvgIpc) is 2.62. The van der Waals surface area contributed by atoms with E-state index >= 15 is 0 Å². The molecule has 0 saturated carbocycles. The van der Waals surface area contributed by atoms with Crippen molar-refractivity contribution >= 4 is 15.8 Å². The molecule has 1 N–H and O–H groups in total. The van der Waals surface area contributed by atoms with Gasteiger partial charge in [-0.2, -0.15) is 0 Å². The summed E-state index contributed by atoms with van der Waals surface area (Å²) in [4.78, 5) is 8.58. The maximum Gasteiger partial charge on any atom is 0.263 e. The van der Waals surface area contributed by atoms with E-state index in [4.69, 9.17) is 0 Å². The molecule has 2 aromatic carbocycles. The quantitative estimate of drug-likeness (QED) is 0.750. The zero-order chi connectivity index (χ0) is 17.9. The number of rotatable bonds is 5. The molecule has 0 atom stereocenters. The fraction of sp³-hybridized carbons (Fsp3) is 0.158. The van der Waals surface area contributed by atoms with Gasteiger partial charge in [0.25, 0.3) is 10.0 Å². The molecule has 0 unspecified atom stereocenters. The molecule has 0 spiro atoms. The highest BCUT2D eigenvalue weighted by atomic mass is 32.2. The fourth-order valence-electron chi connectivity index (χ4n) is 2.36. The predicted molar refractivity (Wildman–Crippen MR) is 98.8 cm³/mol. The second-order valence-electron chi connectivity index (χ2n) is 5.95. The number of hydrogen-bond acceptors (Lipinski definition) is 4. The van der Waals surface area contributed by atoms with E-state index in [1.54, 1.807) is 36.5 Å². The zero-order valence-corrected chi connectivity index (χ0v) is 14.9. The summed E-state index contributed by atoms with van der Waals surface area (Å²) in [5.41, 5.74) is 2.00. The molecule has 0 amide bonds. The van der Waals surface area contributed by atoms with E-state index in [0.29, 0.717) is 5.82 Å². The largest absolute Gasteiger partial charge is 0.263 e. The lowest BCUT2D eigenvalue weighted by atomic mass is 10.1. The number of anilines is 1. The molecule has 3 aromatic rings. The summed E-state index contributed by atoms with van der Waals surface area (Å²) in [7, 11) is -3.70. The first-order chi connectivity index (χ1) is 12.0. The summed E-state index contributed by atoms with van der Waals surface area (Å²) in [6, 6.07) is 18.1. The lowest BCUT2D eigenvalue weighted by Crippen LogP contribution is -2.14. The Morgan fingerprint density at radius 1 is 0.880 bits per heavy atom.